The molecule has 2 nitrogen and oxygen atoms in total. The number of hydrogen-bond acceptors (Lipinski definition) is 4. The monoisotopic (exact) mass is 438 g/mol. The molecule has 29 heavy (non-hydrogen) atoms. The second kappa shape index (κ2) is 8.70. The zero-order chi connectivity index (χ0) is 20.4. The van der Waals surface area contributed by atoms with Crippen molar-refractivity contribution in [1.82, 2.24) is 0 Å². The molecule has 0 bridgehead atoms. The highest BCUT2D eigenvalue weighted by Crippen LogP contribution is 2.39. The summed E-state index contributed by atoms with van der Waals surface area (Å²) in [6, 6.07) is 21.8. The SMILES string of the molecule is Cc1cc(C)cc(Sc2c(SCc3cccc(Cl)c3)c3ccccc3oc2=O)c1. The molecule has 4 rings (SSSR count). The number of fused-ring (bicyclic) bond motifs is 1. The molecule has 1 aromatic heterocycles. The van der Waals surface area contributed by atoms with E-state index in [9.17, 15) is 4.79 Å². The molecule has 0 amide bonds. The van der Waals surface area contributed by atoms with Crippen LogP contribution in [0.25, 0.3) is 11.0 Å². The highest BCUT2D eigenvalue weighted by Gasteiger charge is 2.17. The summed E-state index contributed by atoms with van der Waals surface area (Å²) in [5, 5.41) is 1.66. The number of thioether (sulfide) groups is 1. The minimum Gasteiger partial charge on any atom is -0.422 e. The van der Waals surface area contributed by atoms with Crippen molar-refractivity contribution < 1.29 is 4.42 Å². The van der Waals surface area contributed by atoms with Gasteiger partial charge in [-0.2, -0.15) is 0 Å². The van der Waals surface area contributed by atoms with Crippen LogP contribution < -0.4 is 5.63 Å². The van der Waals surface area contributed by atoms with Crippen molar-refractivity contribution in [3.63, 3.8) is 0 Å². The Morgan fingerprint density at radius 2 is 1.66 bits per heavy atom. The molecule has 0 aliphatic carbocycles. The van der Waals surface area contributed by atoms with Gasteiger partial charge in [0.05, 0.1) is 0 Å². The van der Waals surface area contributed by atoms with Crippen molar-refractivity contribution in [2.45, 2.75) is 34.3 Å². The average Bonchev–Trinajstić information content (AvgIpc) is 2.67. The summed E-state index contributed by atoms with van der Waals surface area (Å²) in [5.41, 5.74) is 3.76. The number of rotatable bonds is 5. The molecule has 0 N–H and O–H groups in total. The van der Waals surface area contributed by atoms with Crippen LogP contribution in [0.15, 0.2) is 90.6 Å². The molecule has 0 radical (unpaired) electrons. The summed E-state index contributed by atoms with van der Waals surface area (Å²) < 4.78 is 5.63. The summed E-state index contributed by atoms with van der Waals surface area (Å²) in [7, 11) is 0. The standard InChI is InChI=1S/C24H19ClO2S2/c1-15-10-16(2)12-19(11-15)29-23-22(28-14-17-6-5-7-18(25)13-17)20-8-3-4-9-21(20)27-24(23)26/h3-13H,14H2,1-2H3. The van der Waals surface area contributed by atoms with E-state index in [1.54, 1.807) is 11.8 Å². The van der Waals surface area contributed by atoms with Crippen LogP contribution >= 0.6 is 35.1 Å². The quantitative estimate of drug-likeness (QED) is 0.238. The van der Waals surface area contributed by atoms with Gasteiger partial charge in [0.25, 0.3) is 0 Å². The van der Waals surface area contributed by atoms with E-state index in [4.69, 9.17) is 16.0 Å². The maximum Gasteiger partial charge on any atom is 0.351 e. The Morgan fingerprint density at radius 3 is 2.41 bits per heavy atom. The molecule has 4 aromatic rings. The Hall–Kier alpha value is -2.14. The second-order valence-electron chi connectivity index (χ2n) is 6.89. The van der Waals surface area contributed by atoms with Crippen LogP contribution in [-0.2, 0) is 5.75 Å². The lowest BCUT2D eigenvalue weighted by Crippen LogP contribution is -2.04. The first-order valence-corrected chi connectivity index (χ1v) is 11.4. The molecule has 0 saturated carbocycles. The number of aryl methyl sites for hydroxylation is 2. The molecule has 1 heterocycles. The Balaban J connectivity index is 1.79. The Bertz CT molecular complexity index is 1230. The van der Waals surface area contributed by atoms with Crippen molar-refractivity contribution in [2.24, 2.45) is 0 Å². The fourth-order valence-corrected chi connectivity index (χ4v) is 5.82. The molecule has 0 spiro atoms. The van der Waals surface area contributed by atoms with E-state index >= 15 is 0 Å². The lowest BCUT2D eigenvalue weighted by Gasteiger charge is -2.12. The average molecular weight is 439 g/mol. The van der Waals surface area contributed by atoms with Crippen LogP contribution in [0.4, 0.5) is 0 Å². The Morgan fingerprint density at radius 1 is 0.897 bits per heavy atom. The predicted octanol–water partition coefficient (Wildman–Crippen LogP) is 7.51. The summed E-state index contributed by atoms with van der Waals surface area (Å²) in [5.74, 6) is 0.717. The third kappa shape index (κ3) is 4.72. The maximum absolute atomic E-state index is 12.9. The van der Waals surface area contributed by atoms with Gasteiger partial charge in [-0.15, -0.1) is 11.8 Å². The van der Waals surface area contributed by atoms with E-state index in [2.05, 4.69) is 32.0 Å². The van der Waals surface area contributed by atoms with Crippen molar-refractivity contribution in [3.8, 4) is 0 Å². The van der Waals surface area contributed by atoms with Gasteiger partial charge in [-0.25, -0.2) is 4.79 Å². The van der Waals surface area contributed by atoms with Gasteiger partial charge in [0, 0.05) is 26.0 Å². The van der Waals surface area contributed by atoms with Crippen LogP contribution in [0.5, 0.6) is 0 Å². The van der Waals surface area contributed by atoms with E-state index in [0.29, 0.717) is 21.3 Å². The zero-order valence-corrected chi connectivity index (χ0v) is 18.5. The molecule has 146 valence electrons. The van der Waals surface area contributed by atoms with Crippen molar-refractivity contribution in [3.05, 3.63) is 98.9 Å². The van der Waals surface area contributed by atoms with Crippen molar-refractivity contribution in [2.75, 3.05) is 0 Å². The van der Waals surface area contributed by atoms with E-state index in [1.807, 2.05) is 48.5 Å². The molecule has 0 aliphatic rings. The highest BCUT2D eigenvalue weighted by molar-refractivity contribution is 8.02. The fourth-order valence-electron chi connectivity index (χ4n) is 3.23. The van der Waals surface area contributed by atoms with Gasteiger partial charge in [-0.3, -0.25) is 0 Å². The predicted molar refractivity (Wildman–Crippen MR) is 124 cm³/mol. The number of halogens is 1. The summed E-state index contributed by atoms with van der Waals surface area (Å²) in [4.78, 5) is 15.5. The lowest BCUT2D eigenvalue weighted by molar-refractivity contribution is 0.537. The van der Waals surface area contributed by atoms with Crippen LogP contribution in [-0.4, -0.2) is 0 Å². The summed E-state index contributed by atoms with van der Waals surface area (Å²) in [6.07, 6.45) is 0. The lowest BCUT2D eigenvalue weighted by atomic mass is 10.2. The molecule has 3 aromatic carbocycles. The smallest absolute Gasteiger partial charge is 0.351 e. The zero-order valence-electron chi connectivity index (χ0n) is 16.1. The molecular weight excluding hydrogens is 420 g/mol. The molecule has 0 atom stereocenters. The number of benzene rings is 3. The highest BCUT2D eigenvalue weighted by atomic mass is 35.5. The van der Waals surface area contributed by atoms with Gasteiger partial charge in [0.15, 0.2) is 0 Å². The van der Waals surface area contributed by atoms with E-state index < -0.39 is 0 Å². The normalized spacial score (nSPS) is 11.1. The first-order chi connectivity index (χ1) is 14.0. The molecule has 5 heteroatoms. The summed E-state index contributed by atoms with van der Waals surface area (Å²) >= 11 is 9.25. The van der Waals surface area contributed by atoms with Gasteiger partial charge in [-0.05, 0) is 60.9 Å². The van der Waals surface area contributed by atoms with Crippen LogP contribution in [0.2, 0.25) is 5.02 Å². The maximum atomic E-state index is 12.9. The van der Waals surface area contributed by atoms with Crippen LogP contribution in [0.3, 0.4) is 0 Å². The minimum absolute atomic E-state index is 0.304. The third-order valence-electron chi connectivity index (χ3n) is 4.41. The van der Waals surface area contributed by atoms with Crippen molar-refractivity contribution >= 4 is 46.1 Å². The molecule has 0 saturated heterocycles. The van der Waals surface area contributed by atoms with Gasteiger partial charge in [0.2, 0.25) is 0 Å². The van der Waals surface area contributed by atoms with Crippen LogP contribution in [0.1, 0.15) is 16.7 Å². The van der Waals surface area contributed by atoms with Gasteiger partial charge >= 0.3 is 5.63 Å². The van der Waals surface area contributed by atoms with Gasteiger partial charge in [0.1, 0.15) is 10.5 Å². The first-order valence-electron chi connectivity index (χ1n) is 9.19. The Kier molecular flexibility index (Phi) is 6.04. The first kappa shape index (κ1) is 20.1. The topological polar surface area (TPSA) is 30.2 Å². The fraction of sp³-hybridized carbons (Fsp3) is 0.125. The van der Waals surface area contributed by atoms with E-state index in [-0.39, 0.29) is 5.63 Å². The van der Waals surface area contributed by atoms with Gasteiger partial charge < -0.3 is 4.42 Å². The Labute approximate surface area is 183 Å². The van der Waals surface area contributed by atoms with E-state index in [0.717, 1.165) is 20.7 Å². The molecular formula is C24H19ClO2S2. The molecule has 0 aliphatic heterocycles. The number of hydrogen-bond donors (Lipinski definition) is 0. The largest absolute Gasteiger partial charge is 0.422 e. The molecule has 0 fully saturated rings. The number of para-hydroxylation sites is 1. The van der Waals surface area contributed by atoms with Crippen LogP contribution in [0, 0.1) is 13.8 Å². The minimum atomic E-state index is -0.304. The van der Waals surface area contributed by atoms with Crippen molar-refractivity contribution in [1.29, 1.82) is 0 Å². The second-order valence-corrected chi connectivity index (χ2v) is 9.39. The molecule has 0 unspecified atom stereocenters. The third-order valence-corrected chi connectivity index (χ3v) is 7.01. The van der Waals surface area contributed by atoms with Gasteiger partial charge in [-0.1, -0.05) is 59.8 Å². The van der Waals surface area contributed by atoms with E-state index in [1.165, 1.54) is 22.9 Å². The summed E-state index contributed by atoms with van der Waals surface area (Å²) in [6.45, 7) is 4.13.